The van der Waals surface area contributed by atoms with Crippen LogP contribution < -0.4 is 0 Å². The minimum absolute atomic E-state index is 0.0299. The van der Waals surface area contributed by atoms with Crippen molar-refractivity contribution in [2.24, 2.45) is 0 Å². The minimum atomic E-state index is -3.72. The standard InChI is InChI=1S/C13H20O6S.N3/c1-12-2-4-13(5-3-12)20(15,16)19-11-10-18-9-8-17-7-6-14;1-3-2/h2-5,14H,6-11H2,1H3;/q;-1. The third kappa shape index (κ3) is 10.6. The van der Waals surface area contributed by atoms with E-state index in [9.17, 15) is 8.42 Å². The third-order valence-corrected chi connectivity index (χ3v) is 3.71. The van der Waals surface area contributed by atoms with Gasteiger partial charge in [0.1, 0.15) is 0 Å². The first-order chi connectivity index (χ1) is 11.0. The van der Waals surface area contributed by atoms with Gasteiger partial charge in [-0.1, -0.05) is 17.7 Å². The van der Waals surface area contributed by atoms with Crippen LogP contribution in [-0.4, -0.2) is 53.2 Å². The predicted molar refractivity (Wildman–Crippen MR) is 83.1 cm³/mol. The maximum absolute atomic E-state index is 11.8. The van der Waals surface area contributed by atoms with E-state index in [1.54, 1.807) is 12.1 Å². The van der Waals surface area contributed by atoms with Gasteiger partial charge in [-0.25, -0.2) is 0 Å². The summed E-state index contributed by atoms with van der Waals surface area (Å²) in [5.41, 5.74) is 14.5. The van der Waals surface area contributed by atoms with Crippen molar-refractivity contribution >= 4 is 10.1 Å². The van der Waals surface area contributed by atoms with Crippen LogP contribution in [0.5, 0.6) is 0 Å². The zero-order valence-electron chi connectivity index (χ0n) is 12.8. The zero-order valence-corrected chi connectivity index (χ0v) is 13.6. The van der Waals surface area contributed by atoms with Crippen molar-refractivity contribution in [2.75, 3.05) is 39.6 Å². The van der Waals surface area contributed by atoms with Gasteiger partial charge >= 0.3 is 0 Å². The van der Waals surface area contributed by atoms with Crippen LogP contribution in [0, 0.1) is 6.92 Å². The highest BCUT2D eigenvalue weighted by molar-refractivity contribution is 7.86. The largest absolute Gasteiger partial charge is 0.394 e. The van der Waals surface area contributed by atoms with Crippen LogP contribution in [0.25, 0.3) is 16.0 Å². The molecule has 0 saturated heterocycles. The molecule has 0 spiro atoms. The predicted octanol–water partition coefficient (Wildman–Crippen LogP) is 1.59. The van der Waals surface area contributed by atoms with E-state index >= 15 is 0 Å². The SMILES string of the molecule is Cc1ccc(S(=O)(=O)OCCOCCOCCO)cc1.[N-]=[N+]=[N-]. The Kier molecular flexibility index (Phi) is 11.9. The normalized spacial score (nSPS) is 10.5. The van der Waals surface area contributed by atoms with E-state index < -0.39 is 10.1 Å². The second-order valence-electron chi connectivity index (χ2n) is 4.13. The Bertz CT molecular complexity index is 556. The molecule has 1 N–H and O–H groups in total. The van der Waals surface area contributed by atoms with E-state index in [-0.39, 0.29) is 31.3 Å². The minimum Gasteiger partial charge on any atom is -0.394 e. The molecule has 1 aromatic carbocycles. The van der Waals surface area contributed by atoms with Crippen molar-refractivity contribution in [3.8, 4) is 0 Å². The van der Waals surface area contributed by atoms with Crippen LogP contribution in [0.1, 0.15) is 5.56 Å². The van der Waals surface area contributed by atoms with Gasteiger partial charge in [0.05, 0.1) is 44.5 Å². The lowest BCUT2D eigenvalue weighted by molar-refractivity contribution is 0.0252. The van der Waals surface area contributed by atoms with E-state index in [2.05, 4.69) is 0 Å². The summed E-state index contributed by atoms with van der Waals surface area (Å²) in [5.74, 6) is 0. The average Bonchev–Trinajstić information content (AvgIpc) is 2.51. The summed E-state index contributed by atoms with van der Waals surface area (Å²) in [6.07, 6.45) is 0. The summed E-state index contributed by atoms with van der Waals surface area (Å²) in [6.45, 7) is 2.91. The molecule has 0 aliphatic heterocycles. The van der Waals surface area contributed by atoms with E-state index in [1.807, 2.05) is 6.92 Å². The summed E-state index contributed by atoms with van der Waals surface area (Å²) < 4.78 is 38.5. The lowest BCUT2D eigenvalue weighted by atomic mass is 10.2. The molecule has 0 aliphatic carbocycles. The molecule has 10 heteroatoms. The monoisotopic (exact) mass is 346 g/mol. The number of rotatable bonds is 10. The molecular weight excluding hydrogens is 326 g/mol. The van der Waals surface area contributed by atoms with E-state index in [1.165, 1.54) is 17.0 Å². The fourth-order valence-electron chi connectivity index (χ4n) is 1.36. The Balaban J connectivity index is 0.00000149. The third-order valence-electron chi connectivity index (χ3n) is 2.38. The molecule has 0 amide bonds. The molecule has 0 saturated carbocycles. The van der Waals surface area contributed by atoms with Gasteiger partial charge in [-0.2, -0.15) is 8.42 Å². The summed E-state index contributed by atoms with van der Waals surface area (Å²) in [4.78, 5) is 1.63. The Labute approximate surface area is 135 Å². The summed E-state index contributed by atoms with van der Waals surface area (Å²) in [6, 6.07) is 6.44. The number of hydrogen-bond acceptors (Lipinski definition) is 6. The maximum atomic E-state index is 11.8. The molecule has 0 heterocycles. The first kappa shape index (κ1) is 21.3. The van der Waals surface area contributed by atoms with Gasteiger partial charge in [0, 0.05) is 0 Å². The van der Waals surface area contributed by atoms with Gasteiger partial charge in [0.2, 0.25) is 0 Å². The van der Waals surface area contributed by atoms with Crippen LogP contribution in [0.2, 0.25) is 0 Å². The van der Waals surface area contributed by atoms with Crippen molar-refractivity contribution in [1.29, 1.82) is 0 Å². The van der Waals surface area contributed by atoms with Crippen LogP contribution in [0.4, 0.5) is 0 Å². The molecule has 0 atom stereocenters. The Hall–Kier alpha value is -1.68. The number of benzene rings is 1. The molecule has 0 bridgehead atoms. The topological polar surface area (TPSA) is 141 Å². The summed E-state index contributed by atoms with van der Waals surface area (Å²) >= 11 is 0. The number of aliphatic hydroxyl groups is 1. The molecule has 1 aromatic rings. The molecule has 0 unspecified atom stereocenters. The van der Waals surface area contributed by atoms with Crippen LogP contribution in [0.15, 0.2) is 29.2 Å². The zero-order chi connectivity index (χ0) is 17.6. The van der Waals surface area contributed by atoms with Gasteiger partial charge in [0.15, 0.2) is 0 Å². The van der Waals surface area contributed by atoms with Gasteiger partial charge in [-0.05, 0) is 19.1 Å². The highest BCUT2D eigenvalue weighted by Crippen LogP contribution is 2.12. The number of ether oxygens (including phenoxy) is 2. The van der Waals surface area contributed by atoms with Crippen molar-refractivity contribution in [3.05, 3.63) is 45.8 Å². The molecule has 0 fully saturated rings. The molecule has 9 nitrogen and oxygen atoms in total. The highest BCUT2D eigenvalue weighted by Gasteiger charge is 2.14. The lowest BCUT2D eigenvalue weighted by Gasteiger charge is -2.07. The molecule has 0 aromatic heterocycles. The number of hydrogen-bond donors (Lipinski definition) is 1. The quantitative estimate of drug-likeness (QED) is 0.224. The Morgan fingerprint density at radius 2 is 1.48 bits per heavy atom. The first-order valence-corrected chi connectivity index (χ1v) is 8.09. The van der Waals surface area contributed by atoms with Gasteiger partial charge in [-0.3, -0.25) is 9.09 Å². The van der Waals surface area contributed by atoms with Crippen molar-refractivity contribution in [2.45, 2.75) is 11.8 Å². The van der Waals surface area contributed by atoms with Crippen molar-refractivity contribution in [3.63, 3.8) is 0 Å². The Morgan fingerprint density at radius 1 is 1.00 bits per heavy atom. The van der Waals surface area contributed by atoms with Crippen molar-refractivity contribution < 1.29 is 27.2 Å². The summed E-state index contributed by atoms with van der Waals surface area (Å²) in [7, 11) is -3.72. The number of aliphatic hydroxyl groups excluding tert-OH is 1. The van der Waals surface area contributed by atoms with E-state index in [0.29, 0.717) is 13.2 Å². The lowest BCUT2D eigenvalue weighted by Crippen LogP contribution is -2.14. The molecule has 23 heavy (non-hydrogen) atoms. The fourth-order valence-corrected chi connectivity index (χ4v) is 2.26. The Morgan fingerprint density at radius 3 is 2.00 bits per heavy atom. The molecule has 130 valence electrons. The number of aryl methyl sites for hydroxylation is 1. The van der Waals surface area contributed by atoms with Gasteiger partial charge in [-0.15, -0.1) is 0 Å². The maximum Gasteiger partial charge on any atom is 0.297 e. The highest BCUT2D eigenvalue weighted by atomic mass is 32.2. The van der Waals surface area contributed by atoms with Crippen LogP contribution >= 0.6 is 0 Å². The van der Waals surface area contributed by atoms with Crippen LogP contribution in [-0.2, 0) is 23.8 Å². The van der Waals surface area contributed by atoms with Crippen molar-refractivity contribution in [1.82, 2.24) is 0 Å². The molecule has 1 rings (SSSR count). The molecule has 0 radical (unpaired) electrons. The van der Waals surface area contributed by atoms with Crippen LogP contribution in [0.3, 0.4) is 0 Å². The molecule has 0 aliphatic rings. The van der Waals surface area contributed by atoms with Gasteiger partial charge in [0.25, 0.3) is 10.1 Å². The molecular formula is C13H20N3O6S-. The number of nitrogens with zero attached hydrogens (tertiary/aromatic N) is 3. The van der Waals surface area contributed by atoms with E-state index in [0.717, 1.165) is 5.56 Å². The van der Waals surface area contributed by atoms with E-state index in [4.69, 9.17) is 29.8 Å². The second kappa shape index (κ2) is 12.8. The first-order valence-electron chi connectivity index (χ1n) is 6.69. The van der Waals surface area contributed by atoms with Gasteiger partial charge < -0.3 is 25.6 Å². The summed E-state index contributed by atoms with van der Waals surface area (Å²) in [5, 5.41) is 8.47. The average molecular weight is 346 g/mol. The smallest absolute Gasteiger partial charge is 0.297 e. The fraction of sp³-hybridized carbons (Fsp3) is 0.538. The second-order valence-corrected chi connectivity index (χ2v) is 5.74.